The molecule has 0 aliphatic carbocycles. The third kappa shape index (κ3) is 2.09. The van der Waals surface area contributed by atoms with Crippen LogP contribution in [0.25, 0.3) is 0 Å². The molecule has 2 saturated heterocycles. The van der Waals surface area contributed by atoms with E-state index in [9.17, 15) is 4.79 Å². The summed E-state index contributed by atoms with van der Waals surface area (Å²) in [6.45, 7) is 6.88. The Balaban J connectivity index is 1.86. The summed E-state index contributed by atoms with van der Waals surface area (Å²) in [5.41, 5.74) is 6.26. The first-order valence-corrected chi connectivity index (χ1v) is 6.33. The van der Waals surface area contributed by atoms with E-state index in [1.807, 2.05) is 18.7 Å². The molecule has 2 aliphatic heterocycles. The summed E-state index contributed by atoms with van der Waals surface area (Å²) in [6.07, 6.45) is 3.44. The molecular weight excluding hydrogens is 202 g/mol. The quantitative estimate of drug-likeness (QED) is 0.712. The molecule has 0 aromatic heterocycles. The van der Waals surface area contributed by atoms with Crippen LogP contribution in [0.1, 0.15) is 33.1 Å². The molecular formula is C12H23N3O. The van der Waals surface area contributed by atoms with Gasteiger partial charge in [0.2, 0.25) is 5.91 Å². The number of carbonyl (C=O) groups excluding carboxylic acids is 1. The molecule has 4 heteroatoms. The summed E-state index contributed by atoms with van der Waals surface area (Å²) in [7, 11) is 0. The Kier molecular flexibility index (Phi) is 3.22. The molecule has 0 aromatic carbocycles. The van der Waals surface area contributed by atoms with E-state index in [1.54, 1.807) is 0 Å². The molecule has 3 N–H and O–H groups in total. The first-order chi connectivity index (χ1) is 7.54. The summed E-state index contributed by atoms with van der Waals surface area (Å²) < 4.78 is 0. The Morgan fingerprint density at radius 2 is 1.88 bits per heavy atom. The molecule has 2 rings (SSSR count). The maximum Gasteiger partial charge on any atom is 0.239 e. The molecule has 2 heterocycles. The molecule has 1 spiro atoms. The highest BCUT2D eigenvalue weighted by Gasteiger charge is 2.40. The average Bonchev–Trinajstić information content (AvgIpc) is 2.25. The highest BCUT2D eigenvalue weighted by molar-refractivity contribution is 5.82. The number of nitrogens with one attached hydrogen (secondary N) is 1. The molecule has 1 unspecified atom stereocenters. The number of rotatable bonds is 2. The van der Waals surface area contributed by atoms with Gasteiger partial charge in [-0.05, 0) is 31.7 Å². The molecule has 4 nitrogen and oxygen atoms in total. The fourth-order valence-corrected chi connectivity index (χ4v) is 2.56. The van der Waals surface area contributed by atoms with Gasteiger partial charge in [0, 0.05) is 18.6 Å². The van der Waals surface area contributed by atoms with Gasteiger partial charge in [-0.25, -0.2) is 0 Å². The second-order valence-corrected chi connectivity index (χ2v) is 5.55. The molecule has 0 aromatic rings. The van der Waals surface area contributed by atoms with Crippen molar-refractivity contribution in [1.82, 2.24) is 10.2 Å². The first kappa shape index (κ1) is 11.9. The molecule has 16 heavy (non-hydrogen) atoms. The minimum Gasteiger partial charge on any atom is -0.341 e. The third-order valence-corrected chi connectivity index (χ3v) is 4.14. The van der Waals surface area contributed by atoms with E-state index in [1.165, 1.54) is 6.42 Å². The molecule has 0 saturated carbocycles. The van der Waals surface area contributed by atoms with Gasteiger partial charge in [0.15, 0.2) is 0 Å². The van der Waals surface area contributed by atoms with Gasteiger partial charge < -0.3 is 16.0 Å². The molecule has 0 bridgehead atoms. The van der Waals surface area contributed by atoms with Gasteiger partial charge in [-0.1, -0.05) is 13.8 Å². The molecule has 1 amide bonds. The molecule has 1 atom stereocenters. The number of likely N-dealkylation sites (tertiary alicyclic amines) is 1. The van der Waals surface area contributed by atoms with Crippen LogP contribution in [0.3, 0.4) is 0 Å². The van der Waals surface area contributed by atoms with E-state index in [0.29, 0.717) is 5.54 Å². The van der Waals surface area contributed by atoms with Gasteiger partial charge in [0.1, 0.15) is 0 Å². The maximum absolute atomic E-state index is 12.0. The second-order valence-electron chi connectivity index (χ2n) is 5.55. The van der Waals surface area contributed by atoms with Crippen molar-refractivity contribution < 1.29 is 4.79 Å². The number of nitrogens with two attached hydrogens (primary N) is 1. The number of hydrogen-bond acceptors (Lipinski definition) is 3. The van der Waals surface area contributed by atoms with Crippen LogP contribution in [0.15, 0.2) is 0 Å². The van der Waals surface area contributed by atoms with Crippen LogP contribution < -0.4 is 11.1 Å². The third-order valence-electron chi connectivity index (χ3n) is 4.14. The largest absolute Gasteiger partial charge is 0.341 e. The zero-order valence-corrected chi connectivity index (χ0v) is 10.3. The number of nitrogens with zero attached hydrogens (tertiary/aromatic N) is 1. The standard InChI is InChI=1S/C12H23N3O/c1-9(2)10(13)11(16)15-7-4-12(5-8-15)3-6-14-12/h9-10,14H,3-8,13H2,1-2H3. The van der Waals surface area contributed by atoms with E-state index < -0.39 is 0 Å². The van der Waals surface area contributed by atoms with Crippen molar-refractivity contribution in [2.75, 3.05) is 19.6 Å². The lowest BCUT2D eigenvalue weighted by atomic mass is 9.79. The lowest BCUT2D eigenvalue weighted by molar-refractivity contribution is -0.135. The van der Waals surface area contributed by atoms with Crippen LogP contribution in [-0.4, -0.2) is 42.0 Å². The Labute approximate surface area is 97.6 Å². The van der Waals surface area contributed by atoms with Crippen molar-refractivity contribution in [2.24, 2.45) is 11.7 Å². The minimum atomic E-state index is -0.330. The predicted molar refractivity (Wildman–Crippen MR) is 64.0 cm³/mol. The fraction of sp³-hybridized carbons (Fsp3) is 0.917. The van der Waals surface area contributed by atoms with E-state index >= 15 is 0 Å². The monoisotopic (exact) mass is 225 g/mol. The lowest BCUT2D eigenvalue weighted by Crippen LogP contribution is -2.63. The van der Waals surface area contributed by atoms with Crippen molar-refractivity contribution in [1.29, 1.82) is 0 Å². The number of amides is 1. The normalized spacial score (nSPS) is 25.6. The summed E-state index contributed by atoms with van der Waals surface area (Å²) in [5, 5.41) is 3.50. The lowest BCUT2D eigenvalue weighted by Gasteiger charge is -2.49. The van der Waals surface area contributed by atoms with Gasteiger partial charge in [0.25, 0.3) is 0 Å². The van der Waals surface area contributed by atoms with Crippen LogP contribution in [0.5, 0.6) is 0 Å². The van der Waals surface area contributed by atoms with Crippen molar-refractivity contribution >= 4 is 5.91 Å². The minimum absolute atomic E-state index is 0.129. The summed E-state index contributed by atoms with van der Waals surface area (Å²) >= 11 is 0. The van der Waals surface area contributed by atoms with E-state index in [-0.39, 0.29) is 17.9 Å². The maximum atomic E-state index is 12.0. The van der Waals surface area contributed by atoms with Gasteiger partial charge >= 0.3 is 0 Å². The van der Waals surface area contributed by atoms with Crippen LogP contribution in [0.4, 0.5) is 0 Å². The van der Waals surface area contributed by atoms with E-state index in [2.05, 4.69) is 5.32 Å². The number of hydrogen-bond donors (Lipinski definition) is 2. The number of piperidine rings is 1. The highest BCUT2D eigenvalue weighted by Crippen LogP contribution is 2.31. The fourth-order valence-electron chi connectivity index (χ4n) is 2.56. The zero-order chi connectivity index (χ0) is 11.8. The van der Waals surface area contributed by atoms with Crippen molar-refractivity contribution in [3.63, 3.8) is 0 Å². The second kappa shape index (κ2) is 4.34. The van der Waals surface area contributed by atoms with Crippen molar-refractivity contribution in [3.05, 3.63) is 0 Å². The smallest absolute Gasteiger partial charge is 0.239 e. The van der Waals surface area contributed by atoms with Crippen LogP contribution in [0.2, 0.25) is 0 Å². The average molecular weight is 225 g/mol. The summed E-state index contributed by atoms with van der Waals surface area (Å²) in [5.74, 6) is 0.356. The van der Waals surface area contributed by atoms with E-state index in [0.717, 1.165) is 32.5 Å². The Morgan fingerprint density at radius 1 is 1.31 bits per heavy atom. The topological polar surface area (TPSA) is 58.4 Å². The van der Waals surface area contributed by atoms with Crippen LogP contribution in [0, 0.1) is 5.92 Å². The Hall–Kier alpha value is -0.610. The van der Waals surface area contributed by atoms with Crippen LogP contribution >= 0.6 is 0 Å². The first-order valence-electron chi connectivity index (χ1n) is 6.33. The Bertz CT molecular complexity index is 263. The predicted octanol–water partition coefficient (Wildman–Crippen LogP) is 0.324. The van der Waals surface area contributed by atoms with Gasteiger partial charge in [-0.2, -0.15) is 0 Å². The zero-order valence-electron chi connectivity index (χ0n) is 10.3. The van der Waals surface area contributed by atoms with Gasteiger partial charge in [0.05, 0.1) is 6.04 Å². The molecule has 92 valence electrons. The van der Waals surface area contributed by atoms with Gasteiger partial charge in [-0.3, -0.25) is 4.79 Å². The van der Waals surface area contributed by atoms with Gasteiger partial charge in [-0.15, -0.1) is 0 Å². The van der Waals surface area contributed by atoms with E-state index in [4.69, 9.17) is 5.73 Å². The molecule has 0 radical (unpaired) electrons. The SMILES string of the molecule is CC(C)C(N)C(=O)N1CCC2(CCN2)CC1. The summed E-state index contributed by atoms with van der Waals surface area (Å²) in [6, 6.07) is -0.330. The number of carbonyl (C=O) groups is 1. The Morgan fingerprint density at radius 3 is 2.25 bits per heavy atom. The molecule has 2 fully saturated rings. The summed E-state index contributed by atoms with van der Waals surface area (Å²) in [4.78, 5) is 14.0. The highest BCUT2D eigenvalue weighted by atomic mass is 16.2. The molecule has 2 aliphatic rings. The van der Waals surface area contributed by atoms with Crippen molar-refractivity contribution in [3.8, 4) is 0 Å². The van der Waals surface area contributed by atoms with Crippen molar-refractivity contribution in [2.45, 2.75) is 44.7 Å². The van der Waals surface area contributed by atoms with Crippen LogP contribution in [-0.2, 0) is 4.79 Å².